The fourth-order valence-corrected chi connectivity index (χ4v) is 7.14. The van der Waals surface area contributed by atoms with Crippen LogP contribution in [-0.4, -0.2) is 4.57 Å². The Hall–Kier alpha value is -6.10. The Labute approximate surface area is 262 Å². The molecule has 1 aliphatic rings. The van der Waals surface area contributed by atoms with Crippen molar-refractivity contribution in [2.45, 2.75) is 19.3 Å². The van der Waals surface area contributed by atoms with Crippen LogP contribution in [0.2, 0.25) is 0 Å². The van der Waals surface area contributed by atoms with E-state index in [1.165, 1.54) is 22.5 Å². The van der Waals surface area contributed by atoms with Crippen LogP contribution in [0, 0.1) is 22.7 Å². The van der Waals surface area contributed by atoms with E-state index in [9.17, 15) is 10.5 Å². The molecule has 7 aromatic rings. The van der Waals surface area contributed by atoms with E-state index in [1.807, 2.05) is 36.4 Å². The molecule has 0 bridgehead atoms. The maximum Gasteiger partial charge on any atom is 0.0991 e. The van der Waals surface area contributed by atoms with Gasteiger partial charge in [-0.25, -0.2) is 0 Å². The van der Waals surface area contributed by atoms with E-state index >= 15 is 0 Å². The average molecular weight is 577 g/mol. The van der Waals surface area contributed by atoms with Gasteiger partial charge in [0, 0.05) is 27.3 Å². The van der Waals surface area contributed by atoms with Gasteiger partial charge in [0.15, 0.2) is 0 Å². The predicted molar refractivity (Wildman–Crippen MR) is 182 cm³/mol. The number of para-hydroxylation sites is 4. The van der Waals surface area contributed by atoms with Gasteiger partial charge in [0.1, 0.15) is 0 Å². The summed E-state index contributed by atoms with van der Waals surface area (Å²) >= 11 is 0. The first kappa shape index (κ1) is 26.5. The molecule has 0 saturated carbocycles. The highest BCUT2D eigenvalue weighted by Gasteiger charge is 2.37. The van der Waals surface area contributed by atoms with Gasteiger partial charge in [-0.1, -0.05) is 86.6 Å². The van der Waals surface area contributed by atoms with Crippen LogP contribution in [0.1, 0.15) is 36.1 Å². The summed E-state index contributed by atoms with van der Waals surface area (Å²) in [7, 11) is 0. The Morgan fingerprint density at radius 2 is 0.911 bits per heavy atom. The fourth-order valence-electron chi connectivity index (χ4n) is 7.14. The first-order valence-electron chi connectivity index (χ1n) is 15.1. The van der Waals surface area contributed by atoms with E-state index in [2.05, 4.69) is 133 Å². The van der Waals surface area contributed by atoms with Crippen molar-refractivity contribution in [2.24, 2.45) is 0 Å². The lowest BCUT2D eigenvalue weighted by Crippen LogP contribution is -2.30. The van der Waals surface area contributed by atoms with Gasteiger partial charge >= 0.3 is 0 Å². The van der Waals surface area contributed by atoms with Crippen molar-refractivity contribution in [1.82, 2.24) is 4.57 Å². The molecule has 0 aliphatic carbocycles. The largest absolute Gasteiger partial charge is 0.309 e. The molecule has 1 aromatic heterocycles. The molecule has 0 N–H and O–H groups in total. The summed E-state index contributed by atoms with van der Waals surface area (Å²) in [6.07, 6.45) is 0. The zero-order valence-electron chi connectivity index (χ0n) is 25.0. The Balaban J connectivity index is 1.42. The average Bonchev–Trinajstić information content (AvgIpc) is 3.41. The molecule has 45 heavy (non-hydrogen) atoms. The topological polar surface area (TPSA) is 55.8 Å². The molecule has 0 saturated heterocycles. The second kappa shape index (κ2) is 9.98. The third kappa shape index (κ3) is 3.90. The first-order chi connectivity index (χ1) is 22.0. The van der Waals surface area contributed by atoms with Gasteiger partial charge < -0.3 is 9.47 Å². The van der Waals surface area contributed by atoms with Crippen LogP contribution in [0.15, 0.2) is 133 Å². The third-order valence-electron chi connectivity index (χ3n) is 9.24. The van der Waals surface area contributed by atoms with Crippen LogP contribution in [-0.2, 0) is 5.41 Å². The molecule has 8 rings (SSSR count). The van der Waals surface area contributed by atoms with Crippen molar-refractivity contribution >= 4 is 38.9 Å². The summed E-state index contributed by atoms with van der Waals surface area (Å²) in [5, 5.41) is 21.3. The minimum absolute atomic E-state index is 0.149. The predicted octanol–water partition coefficient (Wildman–Crippen LogP) is 10.3. The molecule has 0 amide bonds. The first-order valence-corrected chi connectivity index (χ1v) is 15.1. The minimum atomic E-state index is -0.149. The van der Waals surface area contributed by atoms with Crippen LogP contribution in [0.4, 0.5) is 17.1 Å². The Morgan fingerprint density at radius 1 is 0.489 bits per heavy atom. The lowest BCUT2D eigenvalue weighted by molar-refractivity contribution is 0.632. The van der Waals surface area contributed by atoms with Crippen molar-refractivity contribution in [3.63, 3.8) is 0 Å². The van der Waals surface area contributed by atoms with Crippen molar-refractivity contribution < 1.29 is 0 Å². The van der Waals surface area contributed by atoms with Gasteiger partial charge in [-0.3, -0.25) is 0 Å². The maximum absolute atomic E-state index is 9.70. The zero-order chi connectivity index (χ0) is 30.7. The summed E-state index contributed by atoms with van der Waals surface area (Å²) < 4.78 is 2.26. The van der Waals surface area contributed by atoms with Crippen molar-refractivity contribution in [3.05, 3.63) is 156 Å². The molecule has 212 valence electrons. The zero-order valence-corrected chi connectivity index (χ0v) is 25.0. The van der Waals surface area contributed by atoms with Gasteiger partial charge in [0.25, 0.3) is 0 Å². The van der Waals surface area contributed by atoms with Crippen LogP contribution in [0.3, 0.4) is 0 Å². The molecular formula is C41H28N4. The summed E-state index contributed by atoms with van der Waals surface area (Å²) in [6.45, 7) is 4.61. The van der Waals surface area contributed by atoms with Crippen molar-refractivity contribution in [1.29, 1.82) is 10.5 Å². The Morgan fingerprint density at radius 3 is 1.42 bits per heavy atom. The number of benzene rings is 6. The van der Waals surface area contributed by atoms with Crippen LogP contribution in [0.25, 0.3) is 38.6 Å². The second-order valence-corrected chi connectivity index (χ2v) is 12.1. The number of hydrogen-bond acceptors (Lipinski definition) is 3. The Kier molecular flexibility index (Phi) is 5.88. The van der Waals surface area contributed by atoms with Gasteiger partial charge in [-0.2, -0.15) is 10.5 Å². The van der Waals surface area contributed by atoms with Gasteiger partial charge in [-0.05, 0) is 71.8 Å². The number of rotatable bonds is 3. The molecule has 0 atom stereocenters. The van der Waals surface area contributed by atoms with E-state index in [0.717, 1.165) is 44.3 Å². The number of aromatic nitrogens is 1. The third-order valence-corrected chi connectivity index (χ3v) is 9.24. The highest BCUT2D eigenvalue weighted by Crippen LogP contribution is 2.53. The van der Waals surface area contributed by atoms with Gasteiger partial charge in [-0.15, -0.1) is 0 Å². The van der Waals surface area contributed by atoms with Crippen LogP contribution >= 0.6 is 0 Å². The summed E-state index contributed by atoms with van der Waals surface area (Å²) in [5.74, 6) is 0. The monoisotopic (exact) mass is 576 g/mol. The summed E-state index contributed by atoms with van der Waals surface area (Å²) in [6, 6.07) is 50.8. The normalized spacial score (nSPS) is 13.2. The van der Waals surface area contributed by atoms with Crippen molar-refractivity contribution in [3.8, 4) is 29.0 Å². The SMILES string of the molecule is CC1(C)c2ccccc2N(c2ccccc2-c2ccccc2-n2c3ccc(C#N)cc3c3cc(C#N)ccc32)c2ccccc21. The standard InChI is InChI=1S/C41H28N4/c1-41(2)33-13-5-9-17-39(33)45(40-18-10-6-14-34(40)41)36-16-8-4-12-30(36)29-11-3-7-15-35(29)44-37-21-19-27(25-42)23-31(37)32-24-28(26-43)20-22-38(32)44/h3-24H,1-2H3. The van der Waals surface area contributed by atoms with Gasteiger partial charge in [0.05, 0.1) is 57.0 Å². The molecule has 4 heteroatoms. The molecule has 6 aromatic carbocycles. The second-order valence-electron chi connectivity index (χ2n) is 12.1. The van der Waals surface area contributed by atoms with Crippen LogP contribution in [0.5, 0.6) is 0 Å². The number of nitriles is 2. The molecule has 2 heterocycles. The quantitative estimate of drug-likeness (QED) is 0.210. The smallest absolute Gasteiger partial charge is 0.0991 e. The van der Waals surface area contributed by atoms with E-state index in [1.54, 1.807) is 0 Å². The van der Waals surface area contributed by atoms with E-state index in [-0.39, 0.29) is 5.41 Å². The van der Waals surface area contributed by atoms with E-state index in [0.29, 0.717) is 11.1 Å². The van der Waals surface area contributed by atoms with Crippen LogP contribution < -0.4 is 4.90 Å². The Bertz CT molecular complexity index is 2280. The lowest BCUT2D eigenvalue weighted by Gasteiger charge is -2.42. The number of fused-ring (bicyclic) bond motifs is 5. The van der Waals surface area contributed by atoms with E-state index < -0.39 is 0 Å². The number of nitrogens with zero attached hydrogens (tertiary/aromatic N) is 4. The summed E-state index contributed by atoms with van der Waals surface area (Å²) in [5.41, 5.74) is 12.2. The maximum atomic E-state index is 9.70. The minimum Gasteiger partial charge on any atom is -0.309 e. The number of anilines is 3. The summed E-state index contributed by atoms with van der Waals surface area (Å²) in [4.78, 5) is 2.41. The lowest BCUT2D eigenvalue weighted by atomic mass is 9.73. The number of hydrogen-bond donors (Lipinski definition) is 0. The molecule has 1 aliphatic heterocycles. The fraction of sp³-hybridized carbons (Fsp3) is 0.0732. The highest BCUT2D eigenvalue weighted by molar-refractivity contribution is 6.11. The molecule has 0 spiro atoms. The van der Waals surface area contributed by atoms with E-state index in [4.69, 9.17) is 0 Å². The molecular weight excluding hydrogens is 548 g/mol. The molecule has 0 fully saturated rings. The van der Waals surface area contributed by atoms with Crippen molar-refractivity contribution in [2.75, 3.05) is 4.90 Å². The molecule has 4 nitrogen and oxygen atoms in total. The molecule has 0 radical (unpaired) electrons. The van der Waals surface area contributed by atoms with Gasteiger partial charge in [0.2, 0.25) is 0 Å². The highest BCUT2D eigenvalue weighted by atomic mass is 15.2. The molecule has 0 unspecified atom stereocenters.